The highest BCUT2D eigenvalue weighted by Gasteiger charge is 2.43. The van der Waals surface area contributed by atoms with Crippen LogP contribution < -0.4 is 4.74 Å². The SMILES string of the molecule is CC1CC(C)CN(C(=O)CN2CC3(CCN(C)CC3)Oc3ccccc3C2=O)C1. The highest BCUT2D eigenvalue weighted by atomic mass is 16.5. The van der Waals surface area contributed by atoms with Crippen LogP contribution in [0, 0.1) is 11.8 Å². The lowest BCUT2D eigenvalue weighted by atomic mass is 9.90. The molecule has 0 bridgehead atoms. The Morgan fingerprint density at radius 2 is 1.79 bits per heavy atom. The van der Waals surface area contributed by atoms with Crippen LogP contribution in [0.5, 0.6) is 5.75 Å². The molecule has 1 aromatic carbocycles. The number of likely N-dealkylation sites (tertiary alicyclic amines) is 2. The van der Waals surface area contributed by atoms with Crippen molar-refractivity contribution in [2.45, 2.75) is 38.7 Å². The van der Waals surface area contributed by atoms with Gasteiger partial charge in [-0.2, -0.15) is 0 Å². The van der Waals surface area contributed by atoms with Gasteiger partial charge in [-0.1, -0.05) is 26.0 Å². The van der Waals surface area contributed by atoms with Crippen LogP contribution in [0.3, 0.4) is 0 Å². The van der Waals surface area contributed by atoms with E-state index in [-0.39, 0.29) is 18.4 Å². The molecule has 2 saturated heterocycles. The lowest BCUT2D eigenvalue weighted by molar-refractivity contribution is -0.135. The van der Waals surface area contributed by atoms with Gasteiger partial charge in [0.15, 0.2) is 0 Å². The molecule has 0 radical (unpaired) electrons. The predicted octanol–water partition coefficient (Wildman–Crippen LogP) is 2.49. The average Bonchev–Trinajstić information content (AvgIpc) is 2.79. The number of hydrogen-bond donors (Lipinski definition) is 0. The summed E-state index contributed by atoms with van der Waals surface area (Å²) in [5, 5.41) is 0. The number of benzene rings is 1. The Labute approximate surface area is 173 Å². The quantitative estimate of drug-likeness (QED) is 0.767. The van der Waals surface area contributed by atoms with Gasteiger partial charge in [0.1, 0.15) is 17.9 Å². The van der Waals surface area contributed by atoms with Crippen molar-refractivity contribution < 1.29 is 14.3 Å². The van der Waals surface area contributed by atoms with Gasteiger partial charge in [0.05, 0.1) is 12.1 Å². The summed E-state index contributed by atoms with van der Waals surface area (Å²) in [6.45, 7) is 8.43. The van der Waals surface area contributed by atoms with Crippen molar-refractivity contribution in [1.82, 2.24) is 14.7 Å². The molecule has 2 fully saturated rings. The summed E-state index contributed by atoms with van der Waals surface area (Å²) in [6.07, 6.45) is 2.87. The van der Waals surface area contributed by atoms with Gasteiger partial charge in [0.25, 0.3) is 5.91 Å². The summed E-state index contributed by atoms with van der Waals surface area (Å²) in [7, 11) is 2.11. The number of carbonyl (C=O) groups excluding carboxylic acids is 2. The molecule has 6 nitrogen and oxygen atoms in total. The molecule has 0 aromatic heterocycles. The molecule has 2 atom stereocenters. The smallest absolute Gasteiger partial charge is 0.258 e. The second-order valence-corrected chi connectivity index (χ2v) is 9.49. The first-order valence-corrected chi connectivity index (χ1v) is 10.9. The van der Waals surface area contributed by atoms with Crippen molar-refractivity contribution in [3.63, 3.8) is 0 Å². The van der Waals surface area contributed by atoms with Gasteiger partial charge in [-0.3, -0.25) is 9.59 Å². The van der Waals surface area contributed by atoms with Crippen LogP contribution in [0.15, 0.2) is 24.3 Å². The molecular weight excluding hydrogens is 366 g/mol. The van der Waals surface area contributed by atoms with E-state index in [4.69, 9.17) is 4.74 Å². The topological polar surface area (TPSA) is 53.1 Å². The number of amides is 2. The van der Waals surface area contributed by atoms with Crippen molar-refractivity contribution in [3.8, 4) is 5.75 Å². The van der Waals surface area contributed by atoms with Gasteiger partial charge in [-0.15, -0.1) is 0 Å². The highest BCUT2D eigenvalue weighted by molar-refractivity contribution is 5.99. The Balaban J connectivity index is 1.58. The lowest BCUT2D eigenvalue weighted by Crippen LogP contribution is -2.55. The summed E-state index contributed by atoms with van der Waals surface area (Å²) < 4.78 is 6.48. The van der Waals surface area contributed by atoms with E-state index in [1.807, 2.05) is 29.2 Å². The Morgan fingerprint density at radius 3 is 2.48 bits per heavy atom. The molecule has 1 spiro atoms. The number of para-hydroxylation sites is 1. The fourth-order valence-electron chi connectivity index (χ4n) is 5.13. The maximum Gasteiger partial charge on any atom is 0.258 e. The first-order valence-electron chi connectivity index (χ1n) is 10.9. The number of ether oxygens (including phenoxy) is 1. The molecule has 0 N–H and O–H groups in total. The van der Waals surface area contributed by atoms with Gasteiger partial charge < -0.3 is 19.4 Å². The number of hydrogen-bond acceptors (Lipinski definition) is 4. The number of piperidine rings is 2. The van der Waals surface area contributed by atoms with Gasteiger partial charge in [0.2, 0.25) is 5.91 Å². The maximum absolute atomic E-state index is 13.3. The lowest BCUT2D eigenvalue weighted by Gasteiger charge is -2.42. The van der Waals surface area contributed by atoms with Crippen molar-refractivity contribution in [2.75, 3.05) is 46.3 Å². The van der Waals surface area contributed by atoms with E-state index in [1.54, 1.807) is 4.90 Å². The van der Waals surface area contributed by atoms with Crippen molar-refractivity contribution in [3.05, 3.63) is 29.8 Å². The molecule has 1 aromatic rings. The van der Waals surface area contributed by atoms with Crippen LogP contribution >= 0.6 is 0 Å². The molecular formula is C23H33N3O3. The third-order valence-electron chi connectivity index (χ3n) is 6.66. The molecule has 3 heterocycles. The van der Waals surface area contributed by atoms with E-state index < -0.39 is 5.60 Å². The third-order valence-corrected chi connectivity index (χ3v) is 6.66. The van der Waals surface area contributed by atoms with E-state index in [2.05, 4.69) is 25.8 Å². The largest absolute Gasteiger partial charge is 0.484 e. The Hall–Kier alpha value is -2.08. The van der Waals surface area contributed by atoms with Crippen LogP contribution in [0.1, 0.15) is 43.5 Å². The zero-order valence-corrected chi connectivity index (χ0v) is 17.9. The molecule has 4 rings (SSSR count). The van der Waals surface area contributed by atoms with Crippen LogP contribution in [-0.4, -0.2) is 78.4 Å². The molecule has 3 aliphatic heterocycles. The van der Waals surface area contributed by atoms with Crippen molar-refractivity contribution in [1.29, 1.82) is 0 Å². The summed E-state index contributed by atoms with van der Waals surface area (Å²) in [5.74, 6) is 1.62. The number of rotatable bonds is 2. The molecule has 29 heavy (non-hydrogen) atoms. The van der Waals surface area contributed by atoms with E-state index >= 15 is 0 Å². The second-order valence-electron chi connectivity index (χ2n) is 9.49. The van der Waals surface area contributed by atoms with E-state index in [9.17, 15) is 9.59 Å². The van der Waals surface area contributed by atoms with Gasteiger partial charge >= 0.3 is 0 Å². The minimum Gasteiger partial charge on any atom is -0.484 e. The van der Waals surface area contributed by atoms with Crippen LogP contribution in [0.4, 0.5) is 0 Å². The summed E-state index contributed by atoms with van der Waals surface area (Å²) in [5.41, 5.74) is 0.147. The number of carbonyl (C=O) groups is 2. The zero-order valence-electron chi connectivity index (χ0n) is 17.9. The summed E-state index contributed by atoms with van der Waals surface area (Å²) >= 11 is 0. The summed E-state index contributed by atoms with van der Waals surface area (Å²) in [4.78, 5) is 32.5. The molecule has 0 saturated carbocycles. The molecule has 2 amide bonds. The highest BCUT2D eigenvalue weighted by Crippen LogP contribution is 2.35. The Bertz CT molecular complexity index is 762. The van der Waals surface area contributed by atoms with E-state index in [0.29, 0.717) is 29.7 Å². The monoisotopic (exact) mass is 399 g/mol. The second kappa shape index (κ2) is 7.98. The minimum absolute atomic E-state index is 0.0548. The van der Waals surface area contributed by atoms with Crippen LogP contribution in [-0.2, 0) is 4.79 Å². The standard InChI is InChI=1S/C23H33N3O3/c1-17-12-18(2)14-25(13-17)21(27)15-26-16-23(8-10-24(3)11-9-23)29-20-7-5-4-6-19(20)22(26)28/h4-7,17-18H,8-16H2,1-3H3. The number of nitrogens with zero attached hydrogens (tertiary/aromatic N) is 3. The van der Waals surface area contributed by atoms with Crippen molar-refractivity contribution >= 4 is 11.8 Å². The van der Waals surface area contributed by atoms with Crippen molar-refractivity contribution in [2.24, 2.45) is 11.8 Å². The predicted molar refractivity (Wildman–Crippen MR) is 112 cm³/mol. The maximum atomic E-state index is 13.3. The minimum atomic E-state index is -0.419. The van der Waals surface area contributed by atoms with Crippen LogP contribution in [0.25, 0.3) is 0 Å². The fourth-order valence-corrected chi connectivity index (χ4v) is 5.13. The number of fused-ring (bicyclic) bond motifs is 1. The molecule has 0 aliphatic carbocycles. The van der Waals surface area contributed by atoms with Gasteiger partial charge in [-0.25, -0.2) is 0 Å². The van der Waals surface area contributed by atoms with Crippen LogP contribution in [0.2, 0.25) is 0 Å². The normalized spacial score (nSPS) is 27.3. The van der Waals surface area contributed by atoms with E-state index in [0.717, 1.165) is 45.4 Å². The molecule has 3 aliphatic rings. The zero-order chi connectivity index (χ0) is 20.6. The molecule has 6 heteroatoms. The Morgan fingerprint density at radius 1 is 1.14 bits per heavy atom. The summed E-state index contributed by atoms with van der Waals surface area (Å²) in [6, 6.07) is 7.47. The first-order chi connectivity index (χ1) is 13.8. The molecule has 158 valence electrons. The van der Waals surface area contributed by atoms with Gasteiger partial charge in [0, 0.05) is 39.0 Å². The third kappa shape index (κ3) is 4.27. The average molecular weight is 400 g/mol. The molecule has 2 unspecified atom stereocenters. The first kappa shape index (κ1) is 20.2. The van der Waals surface area contributed by atoms with Gasteiger partial charge in [-0.05, 0) is 37.4 Å². The van der Waals surface area contributed by atoms with E-state index in [1.165, 1.54) is 0 Å². The fraction of sp³-hybridized carbons (Fsp3) is 0.652. The Kier molecular flexibility index (Phi) is 5.56.